The lowest BCUT2D eigenvalue weighted by Crippen LogP contribution is -2.14. The Bertz CT molecular complexity index is 1290. The van der Waals surface area contributed by atoms with E-state index in [4.69, 9.17) is 0 Å². The molecule has 6 nitrogen and oxygen atoms in total. The molecule has 0 atom stereocenters. The van der Waals surface area contributed by atoms with Gasteiger partial charge in [-0.3, -0.25) is 4.79 Å². The van der Waals surface area contributed by atoms with Crippen molar-refractivity contribution in [2.75, 3.05) is 11.1 Å². The van der Waals surface area contributed by atoms with Crippen LogP contribution in [0, 0.1) is 18.6 Å². The number of rotatable bonds is 8. The predicted molar refractivity (Wildman–Crippen MR) is 127 cm³/mol. The first-order valence-electron chi connectivity index (χ1n) is 10.2. The van der Waals surface area contributed by atoms with Gasteiger partial charge in [0, 0.05) is 35.7 Å². The molecule has 0 saturated carbocycles. The maximum Gasteiger partial charge on any atom is 0.236 e. The summed E-state index contributed by atoms with van der Waals surface area (Å²) in [6, 6.07) is 11.5. The molecule has 0 unspecified atom stereocenters. The second-order valence-corrected chi connectivity index (χ2v) is 9.30. The molecule has 2 aromatic carbocycles. The van der Waals surface area contributed by atoms with E-state index in [1.807, 2.05) is 42.7 Å². The molecule has 0 aliphatic rings. The fourth-order valence-corrected chi connectivity index (χ4v) is 4.94. The van der Waals surface area contributed by atoms with Crippen molar-refractivity contribution in [1.82, 2.24) is 19.7 Å². The van der Waals surface area contributed by atoms with Crippen molar-refractivity contribution in [3.63, 3.8) is 0 Å². The van der Waals surface area contributed by atoms with Crippen molar-refractivity contribution in [2.24, 2.45) is 0 Å². The Balaban J connectivity index is 1.37. The monoisotopic (exact) mass is 485 g/mol. The van der Waals surface area contributed by atoms with Crippen LogP contribution in [0.2, 0.25) is 0 Å². The standard InChI is InChI=1S/C23H21F2N5OS2/c1-3-30-21(18-7-5-4-6-14(18)2)28-29-23(30)32-13-20(31)27-22-26-12-17(33-22)10-15-8-9-16(24)11-19(15)25/h4-9,11-12H,3,10,13H2,1-2H3,(H,26,27,31). The Morgan fingerprint density at radius 2 is 2.00 bits per heavy atom. The fraction of sp³-hybridized carbons (Fsp3) is 0.217. The first-order valence-corrected chi connectivity index (χ1v) is 12.0. The minimum atomic E-state index is -0.615. The summed E-state index contributed by atoms with van der Waals surface area (Å²) in [5.74, 6) is -0.521. The number of halogens is 2. The van der Waals surface area contributed by atoms with E-state index in [0.29, 0.717) is 22.4 Å². The summed E-state index contributed by atoms with van der Waals surface area (Å²) in [7, 11) is 0. The Morgan fingerprint density at radius 3 is 2.76 bits per heavy atom. The number of thioether (sulfide) groups is 1. The molecule has 33 heavy (non-hydrogen) atoms. The fourth-order valence-electron chi connectivity index (χ4n) is 3.29. The lowest BCUT2D eigenvalue weighted by atomic mass is 10.1. The van der Waals surface area contributed by atoms with Crippen molar-refractivity contribution in [2.45, 2.75) is 32.0 Å². The maximum atomic E-state index is 13.9. The highest BCUT2D eigenvalue weighted by Gasteiger charge is 2.16. The molecule has 4 aromatic rings. The van der Waals surface area contributed by atoms with Crippen molar-refractivity contribution in [1.29, 1.82) is 0 Å². The third kappa shape index (κ3) is 5.45. The molecule has 1 N–H and O–H groups in total. The lowest BCUT2D eigenvalue weighted by molar-refractivity contribution is -0.113. The number of carbonyl (C=O) groups is 1. The highest BCUT2D eigenvalue weighted by atomic mass is 32.2. The van der Waals surface area contributed by atoms with Gasteiger partial charge in [-0.15, -0.1) is 21.5 Å². The van der Waals surface area contributed by atoms with E-state index in [2.05, 4.69) is 20.5 Å². The van der Waals surface area contributed by atoms with Crippen molar-refractivity contribution in [3.05, 3.63) is 76.3 Å². The number of benzene rings is 2. The summed E-state index contributed by atoms with van der Waals surface area (Å²) in [6.45, 7) is 4.71. The number of nitrogens with one attached hydrogen (secondary N) is 1. The average molecular weight is 486 g/mol. The molecule has 2 heterocycles. The Morgan fingerprint density at radius 1 is 1.18 bits per heavy atom. The Hall–Kier alpha value is -3.11. The molecule has 2 aromatic heterocycles. The van der Waals surface area contributed by atoms with Gasteiger partial charge in [0.2, 0.25) is 5.91 Å². The van der Waals surface area contributed by atoms with Crippen LogP contribution in [0.1, 0.15) is 22.9 Å². The molecule has 0 radical (unpaired) electrons. The first kappa shape index (κ1) is 23.1. The van der Waals surface area contributed by atoms with Crippen LogP contribution in [0.25, 0.3) is 11.4 Å². The number of anilines is 1. The van der Waals surface area contributed by atoms with E-state index in [0.717, 1.165) is 27.9 Å². The van der Waals surface area contributed by atoms with Gasteiger partial charge in [-0.1, -0.05) is 42.1 Å². The van der Waals surface area contributed by atoms with E-state index >= 15 is 0 Å². The van der Waals surface area contributed by atoms with Crippen LogP contribution in [0.5, 0.6) is 0 Å². The van der Waals surface area contributed by atoms with E-state index in [1.165, 1.54) is 35.2 Å². The molecule has 10 heteroatoms. The molecular formula is C23H21F2N5OS2. The molecular weight excluding hydrogens is 464 g/mol. The molecule has 1 amide bonds. The highest BCUT2D eigenvalue weighted by molar-refractivity contribution is 7.99. The zero-order valence-electron chi connectivity index (χ0n) is 18.0. The number of hydrogen-bond acceptors (Lipinski definition) is 6. The third-order valence-electron chi connectivity index (χ3n) is 4.93. The molecule has 0 aliphatic heterocycles. The number of nitrogens with zero attached hydrogens (tertiary/aromatic N) is 4. The van der Waals surface area contributed by atoms with Gasteiger partial charge in [-0.05, 0) is 31.0 Å². The largest absolute Gasteiger partial charge is 0.302 e. The van der Waals surface area contributed by atoms with Crippen LogP contribution < -0.4 is 5.32 Å². The summed E-state index contributed by atoms with van der Waals surface area (Å²) >= 11 is 2.56. The maximum absolute atomic E-state index is 13.9. The summed E-state index contributed by atoms with van der Waals surface area (Å²) in [4.78, 5) is 17.4. The number of aromatic nitrogens is 4. The molecule has 0 bridgehead atoms. The normalized spacial score (nSPS) is 11.0. The molecule has 0 spiro atoms. The summed E-state index contributed by atoms with van der Waals surface area (Å²) in [5.41, 5.74) is 2.49. The SMILES string of the molecule is CCn1c(SCC(=O)Nc2ncc(Cc3ccc(F)cc3F)s2)nnc1-c1ccccc1C. The van der Waals surface area contributed by atoms with Gasteiger partial charge in [0.05, 0.1) is 5.75 Å². The van der Waals surface area contributed by atoms with E-state index in [1.54, 1.807) is 6.20 Å². The number of carbonyl (C=O) groups excluding carboxylic acids is 1. The van der Waals surface area contributed by atoms with Crippen molar-refractivity contribution < 1.29 is 13.6 Å². The van der Waals surface area contributed by atoms with Gasteiger partial charge in [0.15, 0.2) is 16.1 Å². The third-order valence-corrected chi connectivity index (χ3v) is 6.81. The highest BCUT2D eigenvalue weighted by Crippen LogP contribution is 2.27. The topological polar surface area (TPSA) is 72.7 Å². The summed E-state index contributed by atoms with van der Waals surface area (Å²) < 4.78 is 28.9. The summed E-state index contributed by atoms with van der Waals surface area (Å²) in [6.07, 6.45) is 1.86. The smallest absolute Gasteiger partial charge is 0.236 e. The number of hydrogen-bond donors (Lipinski definition) is 1. The van der Waals surface area contributed by atoms with E-state index in [9.17, 15) is 13.6 Å². The number of amides is 1. The molecule has 170 valence electrons. The zero-order chi connectivity index (χ0) is 23.4. The molecule has 0 aliphatic carbocycles. The zero-order valence-corrected chi connectivity index (χ0v) is 19.6. The van der Waals surface area contributed by atoms with E-state index < -0.39 is 11.6 Å². The van der Waals surface area contributed by atoms with Gasteiger partial charge >= 0.3 is 0 Å². The molecule has 4 rings (SSSR count). The number of thiazole rings is 1. The first-order chi connectivity index (χ1) is 15.9. The van der Waals surface area contributed by atoms with Gasteiger partial charge in [-0.2, -0.15) is 0 Å². The van der Waals surface area contributed by atoms with Crippen LogP contribution in [0.15, 0.2) is 53.8 Å². The minimum absolute atomic E-state index is 0.146. The number of aryl methyl sites for hydroxylation is 1. The molecule has 0 saturated heterocycles. The second kappa shape index (κ2) is 10.2. The summed E-state index contributed by atoms with van der Waals surface area (Å²) in [5, 5.41) is 12.5. The van der Waals surface area contributed by atoms with Gasteiger partial charge in [-0.25, -0.2) is 13.8 Å². The quantitative estimate of drug-likeness (QED) is 0.342. The van der Waals surface area contributed by atoms with Crippen LogP contribution in [-0.2, 0) is 17.8 Å². The second-order valence-electron chi connectivity index (χ2n) is 7.25. The van der Waals surface area contributed by atoms with Crippen LogP contribution >= 0.6 is 23.1 Å². The van der Waals surface area contributed by atoms with Gasteiger partial charge in [0.25, 0.3) is 0 Å². The van der Waals surface area contributed by atoms with Crippen LogP contribution in [-0.4, -0.2) is 31.4 Å². The van der Waals surface area contributed by atoms with Crippen molar-refractivity contribution >= 4 is 34.1 Å². The lowest BCUT2D eigenvalue weighted by Gasteiger charge is -2.09. The Labute approximate surface area is 198 Å². The minimum Gasteiger partial charge on any atom is -0.302 e. The Kier molecular flexibility index (Phi) is 7.14. The predicted octanol–water partition coefficient (Wildman–Crippen LogP) is 5.33. The molecule has 0 fully saturated rings. The van der Waals surface area contributed by atoms with Crippen molar-refractivity contribution in [3.8, 4) is 11.4 Å². The van der Waals surface area contributed by atoms with Gasteiger partial charge < -0.3 is 9.88 Å². The van der Waals surface area contributed by atoms with Crippen LogP contribution in [0.4, 0.5) is 13.9 Å². The van der Waals surface area contributed by atoms with E-state index in [-0.39, 0.29) is 18.1 Å². The average Bonchev–Trinajstić information content (AvgIpc) is 3.41. The van der Waals surface area contributed by atoms with Crippen LogP contribution in [0.3, 0.4) is 0 Å². The van der Waals surface area contributed by atoms with Gasteiger partial charge in [0.1, 0.15) is 11.6 Å².